The van der Waals surface area contributed by atoms with Gasteiger partial charge in [0.05, 0.1) is 6.26 Å². The molecule has 110 valence electrons. The Bertz CT molecular complexity index is 515. The minimum absolute atomic E-state index is 0.274. The van der Waals surface area contributed by atoms with Crippen molar-refractivity contribution in [2.75, 3.05) is 6.54 Å². The molecule has 0 amide bonds. The quantitative estimate of drug-likeness (QED) is 0.803. The lowest BCUT2D eigenvalue weighted by Gasteiger charge is -2.19. The van der Waals surface area contributed by atoms with Gasteiger partial charge in [-0.05, 0) is 26.0 Å². The fourth-order valence-electron chi connectivity index (χ4n) is 2.56. The predicted molar refractivity (Wildman–Crippen MR) is 80.7 cm³/mol. The molecule has 0 aliphatic carbocycles. The highest BCUT2D eigenvalue weighted by Gasteiger charge is 2.19. The summed E-state index contributed by atoms with van der Waals surface area (Å²) in [4.78, 5) is 4.49. The highest BCUT2D eigenvalue weighted by Crippen LogP contribution is 2.23. The highest BCUT2D eigenvalue weighted by atomic mass is 16.3. The molecule has 0 aliphatic heterocycles. The molecule has 2 rings (SSSR count). The van der Waals surface area contributed by atoms with Gasteiger partial charge in [0.25, 0.3) is 0 Å². The van der Waals surface area contributed by atoms with Crippen molar-refractivity contribution in [3.8, 4) is 0 Å². The minimum atomic E-state index is 0.274. The second kappa shape index (κ2) is 7.29. The molecular weight excluding hydrogens is 250 g/mol. The van der Waals surface area contributed by atoms with Crippen LogP contribution in [0.2, 0.25) is 0 Å². The lowest BCUT2D eigenvalue weighted by atomic mass is 10.0. The van der Waals surface area contributed by atoms with Crippen LogP contribution in [0.5, 0.6) is 0 Å². The lowest BCUT2D eigenvalue weighted by molar-refractivity contribution is 0.472. The van der Waals surface area contributed by atoms with Gasteiger partial charge >= 0.3 is 0 Å². The fraction of sp³-hybridized carbons (Fsp3) is 0.562. The van der Waals surface area contributed by atoms with Crippen molar-refractivity contribution in [3.63, 3.8) is 0 Å². The topological polar surface area (TPSA) is 43.0 Å². The first kappa shape index (κ1) is 14.9. The van der Waals surface area contributed by atoms with Crippen LogP contribution in [0.4, 0.5) is 0 Å². The Morgan fingerprint density at radius 3 is 2.90 bits per heavy atom. The summed E-state index contributed by atoms with van der Waals surface area (Å²) < 4.78 is 7.78. The molecule has 0 aliphatic rings. The Labute approximate surface area is 121 Å². The van der Waals surface area contributed by atoms with Gasteiger partial charge in [-0.15, -0.1) is 0 Å². The van der Waals surface area contributed by atoms with E-state index in [1.165, 1.54) is 5.56 Å². The first-order chi connectivity index (χ1) is 9.80. The maximum absolute atomic E-state index is 5.58. The van der Waals surface area contributed by atoms with Gasteiger partial charge in [0.15, 0.2) is 0 Å². The zero-order chi connectivity index (χ0) is 14.4. The first-order valence-corrected chi connectivity index (χ1v) is 7.59. The normalized spacial score (nSPS) is 12.8. The standard InChI is InChI=1S/C16H25N3O/c1-4-8-17-14(13-7-11-20-15(13)5-2)12-16-18-9-10-19(16)6-3/h7,9-11,14,17H,4-6,8,12H2,1-3H3. The third kappa shape index (κ3) is 3.31. The average molecular weight is 275 g/mol. The monoisotopic (exact) mass is 275 g/mol. The van der Waals surface area contributed by atoms with Crippen LogP contribution in [-0.4, -0.2) is 16.1 Å². The number of aromatic nitrogens is 2. The molecule has 0 aromatic carbocycles. The van der Waals surface area contributed by atoms with E-state index in [4.69, 9.17) is 4.42 Å². The SMILES string of the molecule is CCCNC(Cc1nccn1CC)c1ccoc1CC. The van der Waals surface area contributed by atoms with Crippen molar-refractivity contribution in [3.05, 3.63) is 41.9 Å². The summed E-state index contributed by atoms with van der Waals surface area (Å²) in [6, 6.07) is 2.36. The smallest absolute Gasteiger partial charge is 0.110 e. The van der Waals surface area contributed by atoms with Gasteiger partial charge in [-0.25, -0.2) is 4.98 Å². The van der Waals surface area contributed by atoms with Crippen LogP contribution >= 0.6 is 0 Å². The summed E-state index contributed by atoms with van der Waals surface area (Å²) in [5, 5.41) is 3.62. The van der Waals surface area contributed by atoms with Crippen LogP contribution in [0.25, 0.3) is 0 Å². The summed E-state index contributed by atoms with van der Waals surface area (Å²) in [5.41, 5.74) is 1.27. The van der Waals surface area contributed by atoms with E-state index in [-0.39, 0.29) is 6.04 Å². The molecule has 0 fully saturated rings. The van der Waals surface area contributed by atoms with Crippen LogP contribution in [-0.2, 0) is 19.4 Å². The number of hydrogen-bond donors (Lipinski definition) is 1. The van der Waals surface area contributed by atoms with Crippen molar-refractivity contribution in [1.29, 1.82) is 0 Å². The molecular formula is C16H25N3O. The van der Waals surface area contributed by atoms with Crippen LogP contribution in [0.3, 0.4) is 0 Å². The average Bonchev–Trinajstić information content (AvgIpc) is 3.11. The molecule has 1 N–H and O–H groups in total. The molecule has 0 bridgehead atoms. The van der Waals surface area contributed by atoms with E-state index in [2.05, 4.69) is 41.7 Å². The van der Waals surface area contributed by atoms with Crippen molar-refractivity contribution in [2.24, 2.45) is 0 Å². The second-order valence-corrected chi connectivity index (χ2v) is 4.99. The van der Waals surface area contributed by atoms with Gasteiger partial charge < -0.3 is 14.3 Å². The Kier molecular flexibility index (Phi) is 5.41. The number of nitrogens with zero attached hydrogens (tertiary/aromatic N) is 2. The number of nitrogens with one attached hydrogen (secondary N) is 1. The molecule has 2 aromatic heterocycles. The van der Waals surface area contributed by atoms with E-state index in [0.29, 0.717) is 0 Å². The van der Waals surface area contributed by atoms with E-state index in [9.17, 15) is 0 Å². The molecule has 0 saturated carbocycles. The van der Waals surface area contributed by atoms with Crippen LogP contribution in [0.1, 0.15) is 50.4 Å². The molecule has 0 radical (unpaired) electrons. The summed E-state index contributed by atoms with van der Waals surface area (Å²) in [6.07, 6.45) is 8.66. The summed E-state index contributed by atoms with van der Waals surface area (Å²) >= 11 is 0. The van der Waals surface area contributed by atoms with Gasteiger partial charge in [0, 0.05) is 43.4 Å². The van der Waals surface area contributed by atoms with E-state index < -0.39 is 0 Å². The maximum Gasteiger partial charge on any atom is 0.110 e. The number of furan rings is 1. The van der Waals surface area contributed by atoms with Crippen molar-refractivity contribution in [2.45, 2.75) is 52.6 Å². The summed E-state index contributed by atoms with van der Waals surface area (Å²) in [5.74, 6) is 2.21. The molecule has 4 heteroatoms. The summed E-state index contributed by atoms with van der Waals surface area (Å²) in [6.45, 7) is 8.43. The first-order valence-electron chi connectivity index (χ1n) is 7.59. The molecule has 1 atom stereocenters. The molecule has 2 aromatic rings. The van der Waals surface area contributed by atoms with Gasteiger partial charge in [-0.1, -0.05) is 13.8 Å². The number of imidazole rings is 1. The van der Waals surface area contributed by atoms with Crippen LogP contribution in [0.15, 0.2) is 29.1 Å². The van der Waals surface area contributed by atoms with E-state index >= 15 is 0 Å². The maximum atomic E-state index is 5.58. The molecule has 4 nitrogen and oxygen atoms in total. The minimum Gasteiger partial charge on any atom is -0.469 e. The predicted octanol–water partition coefficient (Wildman–Crippen LogP) is 3.34. The van der Waals surface area contributed by atoms with Gasteiger partial charge in [0.2, 0.25) is 0 Å². The Morgan fingerprint density at radius 2 is 2.20 bits per heavy atom. The zero-order valence-electron chi connectivity index (χ0n) is 12.7. The Hall–Kier alpha value is -1.55. The molecule has 0 spiro atoms. The van der Waals surface area contributed by atoms with E-state index in [1.54, 1.807) is 6.26 Å². The fourth-order valence-corrected chi connectivity index (χ4v) is 2.56. The lowest BCUT2D eigenvalue weighted by Crippen LogP contribution is -2.25. The highest BCUT2D eigenvalue weighted by molar-refractivity contribution is 5.23. The third-order valence-corrected chi connectivity index (χ3v) is 3.65. The Morgan fingerprint density at radius 1 is 1.35 bits per heavy atom. The van der Waals surface area contributed by atoms with E-state index in [0.717, 1.165) is 43.9 Å². The van der Waals surface area contributed by atoms with Gasteiger partial charge in [-0.2, -0.15) is 0 Å². The third-order valence-electron chi connectivity index (χ3n) is 3.65. The van der Waals surface area contributed by atoms with Gasteiger partial charge in [-0.3, -0.25) is 0 Å². The molecule has 2 heterocycles. The van der Waals surface area contributed by atoms with Crippen molar-refractivity contribution in [1.82, 2.24) is 14.9 Å². The molecule has 1 unspecified atom stereocenters. The molecule has 0 saturated heterocycles. The number of aryl methyl sites for hydroxylation is 2. The Balaban J connectivity index is 2.19. The molecule has 20 heavy (non-hydrogen) atoms. The van der Waals surface area contributed by atoms with Crippen molar-refractivity contribution >= 4 is 0 Å². The van der Waals surface area contributed by atoms with Crippen LogP contribution in [0, 0.1) is 0 Å². The second-order valence-electron chi connectivity index (χ2n) is 4.99. The van der Waals surface area contributed by atoms with Gasteiger partial charge in [0.1, 0.15) is 11.6 Å². The van der Waals surface area contributed by atoms with E-state index in [1.807, 2.05) is 12.4 Å². The van der Waals surface area contributed by atoms with Crippen LogP contribution < -0.4 is 5.32 Å². The number of hydrogen-bond acceptors (Lipinski definition) is 3. The largest absolute Gasteiger partial charge is 0.469 e. The zero-order valence-corrected chi connectivity index (χ0v) is 12.7. The number of rotatable bonds is 8. The van der Waals surface area contributed by atoms with Crippen molar-refractivity contribution < 1.29 is 4.42 Å². The summed E-state index contributed by atoms with van der Waals surface area (Å²) in [7, 11) is 0.